The summed E-state index contributed by atoms with van der Waals surface area (Å²) in [5.41, 5.74) is 1.07. The first-order valence-corrected chi connectivity index (χ1v) is 8.99. The van der Waals surface area contributed by atoms with Crippen LogP contribution in [0.25, 0.3) is 11.3 Å². The van der Waals surface area contributed by atoms with Crippen LogP contribution in [0.3, 0.4) is 0 Å². The maximum Gasteiger partial charge on any atom is 0.573 e. The van der Waals surface area contributed by atoms with Crippen molar-refractivity contribution in [3.05, 3.63) is 75.5 Å². The Hall–Kier alpha value is -3.14. The Kier molecular flexibility index (Phi) is 6.02. The van der Waals surface area contributed by atoms with Gasteiger partial charge >= 0.3 is 6.36 Å². The molecular weight excluding hydrogens is 455 g/mol. The number of halogens is 4. The monoisotopic (exact) mass is 467 g/mol. The van der Waals surface area contributed by atoms with Crippen molar-refractivity contribution in [2.75, 3.05) is 5.32 Å². The minimum atomic E-state index is -4.79. The molecule has 150 valence electrons. The minimum Gasteiger partial charge on any atom is -0.406 e. The van der Waals surface area contributed by atoms with E-state index in [0.29, 0.717) is 5.69 Å². The van der Waals surface area contributed by atoms with Crippen LogP contribution in [-0.4, -0.2) is 22.1 Å². The van der Waals surface area contributed by atoms with E-state index < -0.39 is 23.6 Å². The molecule has 10 heteroatoms. The van der Waals surface area contributed by atoms with Crippen molar-refractivity contribution in [2.45, 2.75) is 12.9 Å². The van der Waals surface area contributed by atoms with E-state index in [1.807, 2.05) is 24.3 Å². The fourth-order valence-electron chi connectivity index (χ4n) is 2.41. The van der Waals surface area contributed by atoms with Gasteiger partial charge in [-0.15, -0.1) is 13.2 Å². The topological polar surface area (TPSA) is 73.2 Å². The van der Waals surface area contributed by atoms with Crippen molar-refractivity contribution < 1.29 is 22.7 Å². The molecule has 1 aromatic heterocycles. The molecule has 0 spiro atoms. The average Bonchev–Trinajstić information content (AvgIpc) is 2.65. The van der Waals surface area contributed by atoms with E-state index in [4.69, 9.17) is 0 Å². The molecule has 3 rings (SSSR count). The van der Waals surface area contributed by atoms with Gasteiger partial charge in [-0.1, -0.05) is 28.1 Å². The molecule has 0 aliphatic rings. The summed E-state index contributed by atoms with van der Waals surface area (Å²) < 4.78 is 42.2. The molecule has 2 aromatic carbocycles. The lowest BCUT2D eigenvalue weighted by molar-refractivity contribution is -0.274. The van der Waals surface area contributed by atoms with Crippen molar-refractivity contribution in [1.82, 2.24) is 9.78 Å². The van der Waals surface area contributed by atoms with Crippen LogP contribution in [0.15, 0.2) is 69.9 Å². The Morgan fingerprint density at radius 3 is 2.31 bits per heavy atom. The highest BCUT2D eigenvalue weighted by molar-refractivity contribution is 9.10. The van der Waals surface area contributed by atoms with Gasteiger partial charge in [-0.05, 0) is 42.5 Å². The van der Waals surface area contributed by atoms with E-state index in [-0.39, 0.29) is 12.2 Å². The summed E-state index contributed by atoms with van der Waals surface area (Å²) in [5, 5.41) is 6.68. The predicted molar refractivity (Wildman–Crippen MR) is 103 cm³/mol. The van der Waals surface area contributed by atoms with E-state index in [0.717, 1.165) is 26.9 Å². The van der Waals surface area contributed by atoms with Crippen LogP contribution >= 0.6 is 15.9 Å². The molecule has 6 nitrogen and oxygen atoms in total. The quantitative estimate of drug-likeness (QED) is 0.609. The largest absolute Gasteiger partial charge is 0.573 e. The second-order valence-electron chi connectivity index (χ2n) is 5.84. The molecule has 1 amide bonds. The lowest BCUT2D eigenvalue weighted by Crippen LogP contribution is -2.29. The number of aromatic nitrogens is 2. The fourth-order valence-corrected chi connectivity index (χ4v) is 2.68. The first-order chi connectivity index (χ1) is 13.7. The van der Waals surface area contributed by atoms with Gasteiger partial charge in [0.2, 0.25) is 5.91 Å². The van der Waals surface area contributed by atoms with Crippen molar-refractivity contribution in [3.63, 3.8) is 0 Å². The van der Waals surface area contributed by atoms with Crippen LogP contribution in [0.4, 0.5) is 18.9 Å². The number of alkyl halides is 3. The van der Waals surface area contributed by atoms with Crippen molar-refractivity contribution in [1.29, 1.82) is 0 Å². The number of benzene rings is 2. The Labute approximate surface area is 171 Å². The Morgan fingerprint density at radius 1 is 1.03 bits per heavy atom. The summed E-state index contributed by atoms with van der Waals surface area (Å²) in [6.07, 6.45) is -4.79. The van der Waals surface area contributed by atoms with Gasteiger partial charge < -0.3 is 10.1 Å². The number of carbonyl (C=O) groups is 1. The number of carbonyl (C=O) groups excluding carboxylic acids is 1. The predicted octanol–water partition coefficient (Wildman–Crippen LogP) is 4.21. The Bertz CT molecular complexity index is 1070. The van der Waals surface area contributed by atoms with Crippen LogP contribution in [0.5, 0.6) is 5.75 Å². The Balaban J connectivity index is 1.69. The molecule has 0 fully saturated rings. The van der Waals surface area contributed by atoms with Crippen molar-refractivity contribution in [2.24, 2.45) is 0 Å². The summed E-state index contributed by atoms with van der Waals surface area (Å²) in [7, 11) is 0. The molecule has 1 heterocycles. The van der Waals surface area contributed by atoms with Crippen LogP contribution in [-0.2, 0) is 11.3 Å². The van der Waals surface area contributed by atoms with Crippen LogP contribution in [0.2, 0.25) is 0 Å². The molecule has 0 saturated carbocycles. The maximum absolute atomic E-state index is 12.2. The smallest absolute Gasteiger partial charge is 0.406 e. The lowest BCUT2D eigenvalue weighted by atomic mass is 10.1. The van der Waals surface area contributed by atoms with E-state index in [9.17, 15) is 22.8 Å². The number of anilines is 1. The minimum absolute atomic E-state index is 0.252. The van der Waals surface area contributed by atoms with Gasteiger partial charge in [0.15, 0.2) is 0 Å². The molecule has 0 saturated heterocycles. The fraction of sp³-hybridized carbons (Fsp3) is 0.105. The van der Waals surface area contributed by atoms with E-state index in [2.05, 4.69) is 31.1 Å². The zero-order valence-electron chi connectivity index (χ0n) is 14.6. The van der Waals surface area contributed by atoms with E-state index in [1.165, 1.54) is 18.2 Å². The van der Waals surface area contributed by atoms with Crippen LogP contribution in [0.1, 0.15) is 0 Å². The first-order valence-electron chi connectivity index (χ1n) is 8.19. The molecule has 0 bridgehead atoms. The second kappa shape index (κ2) is 8.48. The molecule has 0 aliphatic heterocycles. The molecule has 0 atom stereocenters. The molecule has 3 aromatic rings. The number of amides is 1. The zero-order chi connectivity index (χ0) is 21.0. The highest BCUT2D eigenvalue weighted by atomic mass is 79.9. The van der Waals surface area contributed by atoms with Gasteiger partial charge in [0.25, 0.3) is 5.56 Å². The van der Waals surface area contributed by atoms with E-state index >= 15 is 0 Å². The van der Waals surface area contributed by atoms with Crippen molar-refractivity contribution in [3.8, 4) is 17.0 Å². The summed E-state index contributed by atoms with van der Waals surface area (Å²) >= 11 is 3.33. The second-order valence-corrected chi connectivity index (χ2v) is 6.76. The summed E-state index contributed by atoms with van der Waals surface area (Å²) in [6.45, 7) is -0.357. The lowest BCUT2D eigenvalue weighted by Gasteiger charge is -2.10. The molecule has 29 heavy (non-hydrogen) atoms. The summed E-state index contributed by atoms with van der Waals surface area (Å²) in [6, 6.07) is 14.8. The summed E-state index contributed by atoms with van der Waals surface area (Å²) in [5.74, 6) is -0.965. The van der Waals surface area contributed by atoms with E-state index in [1.54, 1.807) is 6.07 Å². The van der Waals surface area contributed by atoms with Crippen molar-refractivity contribution >= 4 is 27.5 Å². The number of hydrogen-bond acceptors (Lipinski definition) is 4. The number of ether oxygens (including phenoxy) is 1. The maximum atomic E-state index is 12.2. The molecule has 0 aliphatic carbocycles. The van der Waals surface area contributed by atoms with Gasteiger partial charge in [0, 0.05) is 21.8 Å². The highest BCUT2D eigenvalue weighted by Crippen LogP contribution is 2.24. The van der Waals surface area contributed by atoms with Gasteiger partial charge in [-0.2, -0.15) is 5.10 Å². The third kappa shape index (κ3) is 5.92. The van der Waals surface area contributed by atoms with Crippen LogP contribution in [0, 0.1) is 0 Å². The molecule has 1 N–H and O–H groups in total. The molecular formula is C19H13BrF3N3O3. The zero-order valence-corrected chi connectivity index (χ0v) is 16.2. The van der Waals surface area contributed by atoms with Gasteiger partial charge in [0.1, 0.15) is 12.3 Å². The van der Waals surface area contributed by atoms with Gasteiger partial charge in [-0.25, -0.2) is 4.68 Å². The van der Waals surface area contributed by atoms with Gasteiger partial charge in [0.05, 0.1) is 5.69 Å². The summed E-state index contributed by atoms with van der Waals surface area (Å²) in [4.78, 5) is 24.2. The molecule has 0 unspecified atom stereocenters. The van der Waals surface area contributed by atoms with Crippen LogP contribution < -0.4 is 15.6 Å². The highest BCUT2D eigenvalue weighted by Gasteiger charge is 2.30. The number of hydrogen-bond donors (Lipinski definition) is 1. The number of nitrogens with zero attached hydrogens (tertiary/aromatic N) is 2. The third-order valence-electron chi connectivity index (χ3n) is 3.67. The van der Waals surface area contributed by atoms with Gasteiger partial charge in [-0.3, -0.25) is 9.59 Å². The molecule has 0 radical (unpaired) electrons. The third-order valence-corrected chi connectivity index (χ3v) is 4.20. The normalized spacial score (nSPS) is 11.2. The number of nitrogens with one attached hydrogen (secondary N) is 1. The SMILES string of the molecule is O=C(Cn1nc(-c2ccc(Br)cc2)ccc1=O)Nc1ccc(OC(F)(F)F)cc1. The first kappa shape index (κ1) is 20.6. The number of rotatable bonds is 5. The Morgan fingerprint density at radius 2 is 1.69 bits per heavy atom. The average molecular weight is 468 g/mol. The standard InChI is InChI=1S/C19H13BrF3N3O3/c20-13-3-1-12(2-4-13)16-9-10-18(28)26(25-16)11-17(27)24-14-5-7-15(8-6-14)29-19(21,22)23/h1-10H,11H2,(H,24,27).